The number of rotatable bonds is 2. The summed E-state index contributed by atoms with van der Waals surface area (Å²) in [5.74, 6) is 2.01. The summed E-state index contributed by atoms with van der Waals surface area (Å²) in [5.41, 5.74) is 16.4. The number of fused-ring (bicyclic) bond motifs is 8. The Morgan fingerprint density at radius 3 is 1.86 bits per heavy atom. The molecule has 264 valence electrons. The molecule has 0 radical (unpaired) electrons. The van der Waals surface area contributed by atoms with Crippen LogP contribution in [0.25, 0.3) is 10.1 Å². The van der Waals surface area contributed by atoms with E-state index in [2.05, 4.69) is 161 Å². The van der Waals surface area contributed by atoms with Crippen LogP contribution in [-0.4, -0.2) is 6.71 Å². The lowest BCUT2D eigenvalue weighted by molar-refractivity contribution is 0.252. The molecule has 4 unspecified atom stereocenters. The molecule has 2 heteroatoms. The predicted octanol–water partition coefficient (Wildman–Crippen LogP) is 12.2. The van der Waals surface area contributed by atoms with Gasteiger partial charge >= 0.3 is 0 Å². The van der Waals surface area contributed by atoms with Crippen LogP contribution in [0.3, 0.4) is 0 Å². The van der Waals surface area contributed by atoms with Crippen molar-refractivity contribution in [3.05, 3.63) is 117 Å². The Kier molecular flexibility index (Phi) is 7.09. The first-order chi connectivity index (χ1) is 23.8. The zero-order valence-corrected chi connectivity index (χ0v) is 34.3. The zero-order chi connectivity index (χ0) is 36.2. The van der Waals surface area contributed by atoms with E-state index < -0.39 is 0 Å². The number of hydrogen-bond donors (Lipinski definition) is 0. The van der Waals surface area contributed by atoms with E-state index in [-0.39, 0.29) is 27.1 Å². The summed E-state index contributed by atoms with van der Waals surface area (Å²) in [4.78, 5) is 0. The van der Waals surface area contributed by atoms with Gasteiger partial charge in [0.2, 0.25) is 6.71 Å². The van der Waals surface area contributed by atoms with Gasteiger partial charge in [-0.1, -0.05) is 127 Å². The molecule has 5 aliphatic rings. The molecule has 1 aliphatic heterocycles. The summed E-state index contributed by atoms with van der Waals surface area (Å²) in [5, 5.41) is 1.46. The molecular weight excluding hydrogens is 631 g/mol. The van der Waals surface area contributed by atoms with Crippen molar-refractivity contribution >= 4 is 38.4 Å². The molecule has 2 fully saturated rings. The molecule has 9 rings (SSSR count). The van der Waals surface area contributed by atoms with Crippen molar-refractivity contribution in [2.24, 2.45) is 22.7 Å². The summed E-state index contributed by atoms with van der Waals surface area (Å²) < 4.78 is 3.05. The number of hydrogen-bond acceptors (Lipinski definition) is 1. The van der Waals surface area contributed by atoms with Crippen molar-refractivity contribution in [1.82, 2.24) is 0 Å². The third-order valence-electron chi connectivity index (χ3n) is 15.4. The van der Waals surface area contributed by atoms with Crippen LogP contribution in [0.4, 0.5) is 0 Å². The van der Waals surface area contributed by atoms with Crippen molar-refractivity contribution in [1.29, 1.82) is 0 Å². The Morgan fingerprint density at radius 1 is 0.608 bits per heavy atom. The Balaban J connectivity index is 1.30. The van der Waals surface area contributed by atoms with Crippen LogP contribution in [0.2, 0.25) is 5.82 Å². The first kappa shape index (κ1) is 34.0. The van der Waals surface area contributed by atoms with Gasteiger partial charge in [0.15, 0.2) is 0 Å². The maximum atomic E-state index is 2.87. The molecule has 0 spiro atoms. The predicted molar refractivity (Wildman–Crippen MR) is 223 cm³/mol. The maximum Gasteiger partial charge on any atom is 0.230 e. The fraction of sp³-hybridized carbons (Fsp3) is 0.510. The van der Waals surface area contributed by atoms with Crippen LogP contribution in [0.15, 0.2) is 77.9 Å². The van der Waals surface area contributed by atoms with Crippen molar-refractivity contribution in [3.8, 4) is 0 Å². The minimum absolute atomic E-state index is 0.0968. The average Bonchev–Trinajstić information content (AvgIpc) is 3.48. The Labute approximate surface area is 313 Å². The number of thiophene rings is 1. The van der Waals surface area contributed by atoms with E-state index in [0.29, 0.717) is 30.3 Å². The third kappa shape index (κ3) is 4.83. The molecule has 0 saturated heterocycles. The molecule has 1 aromatic heterocycles. The second-order valence-corrected chi connectivity index (χ2v) is 21.8. The highest BCUT2D eigenvalue weighted by Gasteiger charge is 2.69. The average molecular weight is 691 g/mol. The maximum absolute atomic E-state index is 2.87. The fourth-order valence-electron chi connectivity index (χ4n) is 12.0. The van der Waals surface area contributed by atoms with Gasteiger partial charge in [-0.15, -0.1) is 11.3 Å². The highest BCUT2D eigenvalue weighted by molar-refractivity contribution is 7.30. The molecule has 3 aromatic carbocycles. The summed E-state index contributed by atoms with van der Waals surface area (Å²) in [7, 11) is 0. The van der Waals surface area contributed by atoms with E-state index in [4.69, 9.17) is 0 Å². The highest BCUT2D eigenvalue weighted by atomic mass is 32.1. The Bertz CT molecular complexity index is 2150. The summed E-state index contributed by atoms with van der Waals surface area (Å²) >= 11 is 2.11. The van der Waals surface area contributed by atoms with Gasteiger partial charge in [-0.25, -0.2) is 0 Å². The molecule has 5 atom stereocenters. The fourth-order valence-corrected chi connectivity index (χ4v) is 13.2. The normalized spacial score (nSPS) is 30.5. The Hall–Kier alpha value is -2.84. The zero-order valence-electron chi connectivity index (χ0n) is 33.5. The topological polar surface area (TPSA) is 0 Å². The molecule has 2 heterocycles. The van der Waals surface area contributed by atoms with E-state index in [0.717, 1.165) is 0 Å². The second kappa shape index (κ2) is 10.6. The molecule has 4 aromatic rings. The summed E-state index contributed by atoms with van der Waals surface area (Å²) in [6.45, 7) is 29.9. The molecule has 0 bridgehead atoms. The lowest BCUT2D eigenvalue weighted by Crippen LogP contribution is -2.49. The van der Waals surface area contributed by atoms with Crippen molar-refractivity contribution in [3.63, 3.8) is 0 Å². The van der Waals surface area contributed by atoms with Crippen LogP contribution >= 0.6 is 11.3 Å². The molecule has 0 nitrogen and oxygen atoms in total. The smallest absolute Gasteiger partial charge is 0.150 e. The lowest BCUT2D eigenvalue weighted by atomic mass is 9.32. The minimum atomic E-state index is 0.0968. The Morgan fingerprint density at radius 2 is 1.20 bits per heavy atom. The number of allylic oxidation sites excluding steroid dienone is 4. The highest BCUT2D eigenvalue weighted by Crippen LogP contribution is 2.73. The van der Waals surface area contributed by atoms with Crippen LogP contribution < -0.4 is 10.2 Å². The van der Waals surface area contributed by atoms with Gasteiger partial charge < -0.3 is 0 Å². The molecule has 0 amide bonds. The van der Waals surface area contributed by atoms with E-state index in [1.807, 2.05) is 0 Å². The van der Waals surface area contributed by atoms with E-state index in [1.165, 1.54) is 52.5 Å². The van der Waals surface area contributed by atoms with E-state index >= 15 is 0 Å². The first-order valence-corrected chi connectivity index (χ1v) is 20.9. The van der Waals surface area contributed by atoms with Crippen molar-refractivity contribution in [2.45, 2.75) is 137 Å². The van der Waals surface area contributed by atoms with Crippen LogP contribution in [-0.2, 0) is 16.2 Å². The molecular formula is C49H59BS. The molecule has 0 N–H and O–H groups in total. The summed E-state index contributed by atoms with van der Waals surface area (Å²) in [6, 6.07) is 22.7. The largest absolute Gasteiger partial charge is 0.230 e. The minimum Gasteiger partial charge on any atom is -0.150 e. The molecule has 51 heavy (non-hydrogen) atoms. The molecule has 4 aliphatic carbocycles. The van der Waals surface area contributed by atoms with Crippen molar-refractivity contribution < 1.29 is 0 Å². The van der Waals surface area contributed by atoms with Gasteiger partial charge in [-0.05, 0) is 159 Å². The monoisotopic (exact) mass is 690 g/mol. The van der Waals surface area contributed by atoms with Gasteiger partial charge in [-0.2, -0.15) is 0 Å². The van der Waals surface area contributed by atoms with Gasteiger partial charge in [-0.3, -0.25) is 0 Å². The van der Waals surface area contributed by atoms with Gasteiger partial charge in [0.1, 0.15) is 0 Å². The van der Waals surface area contributed by atoms with Gasteiger partial charge in [0.25, 0.3) is 0 Å². The lowest BCUT2D eigenvalue weighted by Gasteiger charge is -2.48. The van der Waals surface area contributed by atoms with Gasteiger partial charge in [0, 0.05) is 10.1 Å². The summed E-state index contributed by atoms with van der Waals surface area (Å²) in [6.07, 6.45) is 10.8. The quantitative estimate of drug-likeness (QED) is 0.184. The van der Waals surface area contributed by atoms with Crippen LogP contribution in [0, 0.1) is 43.4 Å². The number of benzene rings is 3. The van der Waals surface area contributed by atoms with E-state index in [9.17, 15) is 0 Å². The standard InChI is InChI=1S/C49H59BS/c1-28-13-15-32(30(3)21-28)43-44-33-25-35-36(47(8,9)19-18-46(35,6)7)26-40(33)50(39-16-14-29(2)22-38(39)49(43,44)12)42-24-31-23-34-37(27-41(31)51-42)48(10,11)20-17-45(34,4)5/h13-16,21-27,33,40,43-44H,17-20H2,1-12H3/t33?,40?,43?,44-,49?/m1/s1. The van der Waals surface area contributed by atoms with Crippen molar-refractivity contribution in [2.75, 3.05) is 0 Å². The van der Waals surface area contributed by atoms with Gasteiger partial charge in [0.05, 0.1) is 0 Å². The second-order valence-electron chi connectivity index (χ2n) is 20.6. The van der Waals surface area contributed by atoms with E-state index in [1.54, 1.807) is 43.6 Å². The van der Waals surface area contributed by atoms with Crippen LogP contribution in [0.5, 0.6) is 0 Å². The first-order valence-electron chi connectivity index (χ1n) is 20.1. The number of aryl methyl sites for hydroxylation is 3. The van der Waals surface area contributed by atoms with Crippen LogP contribution in [0.1, 0.15) is 133 Å². The SMILES string of the molecule is Cc1ccc(C2[C@H]3C4C=C5C(=CC4B(c4cc6cc7c(cc6s4)C(C)(C)CCC7(C)C)c4ccc(C)cc4C23C)C(C)(C)CCC5(C)C)c(C)c1. The third-order valence-corrected chi connectivity index (χ3v) is 16.6. The molecule has 2 saturated carbocycles.